The Hall–Kier alpha value is -2.19. The van der Waals surface area contributed by atoms with Crippen molar-refractivity contribution >= 4 is 10.9 Å². The van der Waals surface area contributed by atoms with Crippen LogP contribution in [0.25, 0.3) is 10.9 Å². The summed E-state index contributed by atoms with van der Waals surface area (Å²) in [6.45, 7) is 4.54. The first kappa shape index (κ1) is 13.5. The van der Waals surface area contributed by atoms with E-state index in [0.29, 0.717) is 0 Å². The summed E-state index contributed by atoms with van der Waals surface area (Å²) < 4.78 is 0. The zero-order chi connectivity index (χ0) is 15.2. The van der Waals surface area contributed by atoms with Crippen LogP contribution in [0.15, 0.2) is 60.8 Å². The lowest BCUT2D eigenvalue weighted by molar-refractivity contribution is 0.333. The quantitative estimate of drug-likeness (QED) is 0.724. The van der Waals surface area contributed by atoms with Gasteiger partial charge >= 0.3 is 0 Å². The van der Waals surface area contributed by atoms with E-state index in [0.717, 1.165) is 11.9 Å². The Morgan fingerprint density at radius 2 is 1.82 bits per heavy atom. The van der Waals surface area contributed by atoms with Gasteiger partial charge in [-0.3, -0.25) is 4.98 Å². The molecule has 1 N–H and O–H groups in total. The number of hydrogen-bond donors (Lipinski definition) is 1. The first-order valence-electron chi connectivity index (χ1n) is 7.83. The minimum Gasteiger partial charge on any atom is -0.301 e. The van der Waals surface area contributed by atoms with Crippen LogP contribution in [-0.2, 0) is 6.42 Å². The van der Waals surface area contributed by atoms with Gasteiger partial charge in [-0.25, -0.2) is 0 Å². The molecule has 3 aromatic rings. The van der Waals surface area contributed by atoms with E-state index >= 15 is 0 Å². The molecule has 2 heterocycles. The van der Waals surface area contributed by atoms with Gasteiger partial charge in [-0.15, -0.1) is 0 Å². The molecule has 0 radical (unpaired) electrons. The molecule has 22 heavy (non-hydrogen) atoms. The second kappa shape index (κ2) is 4.92. The van der Waals surface area contributed by atoms with Gasteiger partial charge in [0.15, 0.2) is 0 Å². The van der Waals surface area contributed by atoms with Crippen LogP contribution in [0.1, 0.15) is 36.6 Å². The average molecular weight is 288 g/mol. The summed E-state index contributed by atoms with van der Waals surface area (Å²) in [5.41, 5.74) is 5.18. The lowest BCUT2D eigenvalue weighted by Crippen LogP contribution is -2.47. The molecule has 4 rings (SSSR count). The van der Waals surface area contributed by atoms with Gasteiger partial charge in [0, 0.05) is 17.1 Å². The van der Waals surface area contributed by atoms with Crippen molar-refractivity contribution < 1.29 is 0 Å². The fourth-order valence-corrected chi connectivity index (χ4v) is 3.48. The Morgan fingerprint density at radius 1 is 1.05 bits per heavy atom. The van der Waals surface area contributed by atoms with E-state index in [1.54, 1.807) is 0 Å². The number of pyridine rings is 1. The van der Waals surface area contributed by atoms with Gasteiger partial charge in [0.1, 0.15) is 0 Å². The van der Waals surface area contributed by atoms with Gasteiger partial charge in [0.05, 0.1) is 11.6 Å². The summed E-state index contributed by atoms with van der Waals surface area (Å²) in [6.07, 6.45) is 3.07. The molecule has 0 saturated carbocycles. The maximum atomic E-state index is 4.64. The zero-order valence-electron chi connectivity index (χ0n) is 13.0. The molecule has 1 aromatic heterocycles. The molecule has 1 atom stereocenters. The molecule has 1 aliphatic rings. The van der Waals surface area contributed by atoms with Crippen molar-refractivity contribution in [2.45, 2.75) is 31.8 Å². The number of nitrogens with zero attached hydrogens (tertiary/aromatic N) is 1. The lowest BCUT2D eigenvalue weighted by Gasteiger charge is -2.39. The Morgan fingerprint density at radius 3 is 2.73 bits per heavy atom. The third-order valence-corrected chi connectivity index (χ3v) is 4.48. The van der Waals surface area contributed by atoms with Gasteiger partial charge in [0.2, 0.25) is 0 Å². The van der Waals surface area contributed by atoms with Crippen LogP contribution in [0, 0.1) is 0 Å². The highest BCUT2D eigenvalue weighted by Gasteiger charge is 2.31. The molecule has 0 amide bonds. The van der Waals surface area contributed by atoms with Crippen molar-refractivity contribution in [3.8, 4) is 0 Å². The van der Waals surface area contributed by atoms with Crippen LogP contribution in [0.4, 0.5) is 0 Å². The Balaban J connectivity index is 1.86. The number of para-hydroxylation sites is 1. The predicted molar refractivity (Wildman–Crippen MR) is 90.9 cm³/mol. The van der Waals surface area contributed by atoms with E-state index in [2.05, 4.69) is 72.7 Å². The van der Waals surface area contributed by atoms with Crippen LogP contribution >= 0.6 is 0 Å². The van der Waals surface area contributed by atoms with Crippen molar-refractivity contribution in [2.75, 3.05) is 0 Å². The Bertz CT molecular complexity index is 836. The maximum absolute atomic E-state index is 4.64. The highest BCUT2D eigenvalue weighted by Crippen LogP contribution is 2.34. The summed E-state index contributed by atoms with van der Waals surface area (Å²) in [7, 11) is 0. The fourth-order valence-electron chi connectivity index (χ4n) is 3.48. The van der Waals surface area contributed by atoms with Gasteiger partial charge in [-0.1, -0.05) is 42.5 Å². The van der Waals surface area contributed by atoms with E-state index < -0.39 is 0 Å². The molecule has 1 unspecified atom stereocenters. The van der Waals surface area contributed by atoms with Crippen molar-refractivity contribution in [3.63, 3.8) is 0 Å². The van der Waals surface area contributed by atoms with E-state index in [1.807, 2.05) is 12.3 Å². The Kier molecular flexibility index (Phi) is 3.02. The van der Waals surface area contributed by atoms with Crippen molar-refractivity contribution in [1.82, 2.24) is 10.3 Å². The molecule has 0 fully saturated rings. The topological polar surface area (TPSA) is 24.9 Å². The average Bonchev–Trinajstić information content (AvgIpc) is 2.53. The zero-order valence-corrected chi connectivity index (χ0v) is 13.0. The predicted octanol–water partition coefficient (Wildman–Crippen LogP) is 4.25. The largest absolute Gasteiger partial charge is 0.301 e. The molecule has 0 saturated heterocycles. The molecule has 0 bridgehead atoms. The molecule has 1 aliphatic heterocycles. The third kappa shape index (κ3) is 2.30. The van der Waals surface area contributed by atoms with Crippen molar-refractivity contribution in [1.29, 1.82) is 0 Å². The first-order chi connectivity index (χ1) is 10.6. The molecule has 110 valence electrons. The minimum absolute atomic E-state index is 0.0880. The minimum atomic E-state index is 0.0880. The third-order valence-electron chi connectivity index (χ3n) is 4.48. The van der Waals surface area contributed by atoms with Gasteiger partial charge in [0.25, 0.3) is 0 Å². The molecular formula is C20H20N2. The highest BCUT2D eigenvalue weighted by atomic mass is 15.0. The van der Waals surface area contributed by atoms with Crippen LogP contribution in [0.5, 0.6) is 0 Å². The van der Waals surface area contributed by atoms with E-state index in [1.165, 1.54) is 22.1 Å². The number of rotatable bonds is 1. The monoisotopic (exact) mass is 288 g/mol. The van der Waals surface area contributed by atoms with Crippen LogP contribution < -0.4 is 5.32 Å². The standard InChI is InChI=1S/C20H20N2/c1-20(2)12-15-8-3-5-9-17(15)19(22-20)16-11-14-7-4-6-10-18(14)21-13-16/h3-11,13,19,22H,12H2,1-2H3. The fraction of sp³-hybridized carbons (Fsp3) is 0.250. The smallest absolute Gasteiger partial charge is 0.0702 e. The summed E-state index contributed by atoms with van der Waals surface area (Å²) in [5, 5.41) is 4.99. The highest BCUT2D eigenvalue weighted by molar-refractivity contribution is 5.79. The number of fused-ring (bicyclic) bond motifs is 2. The number of nitrogens with one attached hydrogen (secondary N) is 1. The SMILES string of the molecule is CC1(C)Cc2ccccc2C(c2cnc3ccccc3c2)N1. The molecular weight excluding hydrogens is 268 g/mol. The van der Waals surface area contributed by atoms with Crippen LogP contribution in [-0.4, -0.2) is 10.5 Å². The molecule has 2 heteroatoms. The number of benzene rings is 2. The maximum Gasteiger partial charge on any atom is 0.0702 e. The first-order valence-corrected chi connectivity index (χ1v) is 7.83. The molecule has 0 aliphatic carbocycles. The molecule has 2 nitrogen and oxygen atoms in total. The summed E-state index contributed by atoms with van der Waals surface area (Å²) in [5.74, 6) is 0. The Labute approximate surface area is 131 Å². The van der Waals surface area contributed by atoms with E-state index in [9.17, 15) is 0 Å². The molecule has 2 aromatic carbocycles. The van der Waals surface area contributed by atoms with Crippen LogP contribution in [0.3, 0.4) is 0 Å². The number of hydrogen-bond acceptors (Lipinski definition) is 2. The summed E-state index contributed by atoms with van der Waals surface area (Å²) >= 11 is 0. The second-order valence-electron chi connectivity index (χ2n) is 6.80. The van der Waals surface area contributed by atoms with Gasteiger partial charge in [-0.05, 0) is 49.1 Å². The second-order valence-corrected chi connectivity index (χ2v) is 6.80. The van der Waals surface area contributed by atoms with Crippen LogP contribution in [0.2, 0.25) is 0 Å². The summed E-state index contributed by atoms with van der Waals surface area (Å²) in [4.78, 5) is 4.64. The number of aromatic nitrogens is 1. The van der Waals surface area contributed by atoms with Crippen molar-refractivity contribution in [2.24, 2.45) is 0 Å². The van der Waals surface area contributed by atoms with Gasteiger partial charge in [-0.2, -0.15) is 0 Å². The normalized spacial score (nSPS) is 19.8. The summed E-state index contributed by atoms with van der Waals surface area (Å²) in [6, 6.07) is 19.5. The van der Waals surface area contributed by atoms with E-state index in [-0.39, 0.29) is 11.6 Å². The van der Waals surface area contributed by atoms with E-state index in [4.69, 9.17) is 0 Å². The van der Waals surface area contributed by atoms with Crippen molar-refractivity contribution in [3.05, 3.63) is 77.5 Å². The lowest BCUT2D eigenvalue weighted by atomic mass is 9.81. The molecule has 0 spiro atoms. The van der Waals surface area contributed by atoms with Gasteiger partial charge < -0.3 is 5.32 Å².